The monoisotopic (exact) mass is 547 g/mol. The van der Waals surface area contributed by atoms with E-state index in [9.17, 15) is 24.6 Å². The molecule has 0 radical (unpaired) electrons. The molecule has 0 spiro atoms. The van der Waals surface area contributed by atoms with Crippen molar-refractivity contribution in [3.63, 3.8) is 0 Å². The quantitative estimate of drug-likeness (QED) is 0.411. The minimum atomic E-state index is -0.389. The molecule has 0 bridgehead atoms. The van der Waals surface area contributed by atoms with Crippen LogP contribution in [0.4, 0.5) is 10.5 Å². The summed E-state index contributed by atoms with van der Waals surface area (Å²) in [5.74, 6) is 0.169. The molecular weight excluding hydrogens is 514 g/mol. The highest BCUT2D eigenvalue weighted by Crippen LogP contribution is 2.30. The first-order chi connectivity index (χ1) is 19.2. The van der Waals surface area contributed by atoms with Crippen LogP contribution in [0.25, 0.3) is 10.9 Å². The number of amides is 2. The molecule has 3 aromatic rings. The maximum absolute atomic E-state index is 13.3. The van der Waals surface area contributed by atoms with Crippen LogP contribution in [0.5, 0.6) is 11.5 Å². The second kappa shape index (κ2) is 11.1. The number of nitriles is 1. The molecule has 1 saturated carbocycles. The number of carbonyl (C=O) groups is 1. The number of aliphatic hydroxyl groups excluding tert-OH is 1. The number of phenolic OH excluding ortho intramolecular Hbond substituents is 1. The van der Waals surface area contributed by atoms with Gasteiger partial charge in [-0.25, -0.2) is 9.59 Å². The van der Waals surface area contributed by atoms with E-state index < -0.39 is 0 Å². The van der Waals surface area contributed by atoms with E-state index in [-0.39, 0.29) is 59.8 Å². The van der Waals surface area contributed by atoms with Gasteiger partial charge < -0.3 is 25.2 Å². The van der Waals surface area contributed by atoms with Gasteiger partial charge in [-0.1, -0.05) is 0 Å². The number of aromatic nitrogens is 2. The molecule has 11 heteroatoms. The van der Waals surface area contributed by atoms with Crippen LogP contribution < -0.4 is 21.3 Å². The second-order valence-corrected chi connectivity index (χ2v) is 10.9. The van der Waals surface area contributed by atoms with Gasteiger partial charge in [-0.15, -0.1) is 0 Å². The zero-order valence-electron chi connectivity index (χ0n) is 22.5. The molecule has 2 aliphatic rings. The molecule has 5 rings (SSSR count). The first-order valence-electron chi connectivity index (χ1n) is 13.6. The van der Waals surface area contributed by atoms with E-state index >= 15 is 0 Å². The number of anilines is 1. The third kappa shape index (κ3) is 5.40. The number of rotatable bonds is 7. The van der Waals surface area contributed by atoms with Gasteiger partial charge in [-0.3, -0.25) is 13.9 Å². The van der Waals surface area contributed by atoms with Gasteiger partial charge in [0.25, 0.3) is 5.56 Å². The van der Waals surface area contributed by atoms with E-state index in [4.69, 9.17) is 10.00 Å². The fourth-order valence-electron chi connectivity index (χ4n) is 5.26. The lowest BCUT2D eigenvalue weighted by molar-refractivity contribution is 0.0294. The van der Waals surface area contributed by atoms with Gasteiger partial charge in [0.2, 0.25) is 0 Å². The van der Waals surface area contributed by atoms with Gasteiger partial charge in [-0.05, 0) is 62.9 Å². The third-order valence-corrected chi connectivity index (χ3v) is 7.64. The number of carbonyl (C=O) groups excluding carboxylic acids is 1. The Kier molecular flexibility index (Phi) is 7.54. The largest absolute Gasteiger partial charge is 0.506 e. The van der Waals surface area contributed by atoms with E-state index in [1.54, 1.807) is 33.7 Å². The molecule has 2 heterocycles. The van der Waals surface area contributed by atoms with E-state index in [1.807, 2.05) is 19.9 Å². The molecule has 210 valence electrons. The lowest BCUT2D eigenvalue weighted by atomic mass is 9.95. The number of piperidine rings is 1. The van der Waals surface area contributed by atoms with Crippen LogP contribution in [0.3, 0.4) is 0 Å². The lowest BCUT2D eigenvalue weighted by Gasteiger charge is -2.37. The molecule has 1 saturated heterocycles. The molecule has 40 heavy (non-hydrogen) atoms. The number of aromatic hydroxyl groups is 1. The fraction of sp³-hybridized carbons (Fsp3) is 0.448. The molecule has 2 atom stereocenters. The molecule has 2 unspecified atom stereocenters. The molecule has 2 aromatic carbocycles. The van der Waals surface area contributed by atoms with Crippen LogP contribution in [-0.2, 0) is 6.54 Å². The number of fused-ring (bicyclic) bond motifs is 1. The van der Waals surface area contributed by atoms with Crippen molar-refractivity contribution < 1.29 is 19.7 Å². The van der Waals surface area contributed by atoms with Crippen molar-refractivity contribution in [3.8, 4) is 17.6 Å². The third-order valence-electron chi connectivity index (χ3n) is 7.64. The van der Waals surface area contributed by atoms with Crippen molar-refractivity contribution in [1.82, 2.24) is 14.0 Å². The number of urea groups is 1. The van der Waals surface area contributed by atoms with Gasteiger partial charge in [0.1, 0.15) is 23.7 Å². The minimum Gasteiger partial charge on any atom is -0.506 e. The van der Waals surface area contributed by atoms with Crippen molar-refractivity contribution in [2.75, 3.05) is 25.0 Å². The first kappa shape index (κ1) is 27.3. The lowest BCUT2D eigenvalue weighted by Crippen LogP contribution is -2.50. The number of nitrogens with zero attached hydrogens (tertiary/aromatic N) is 4. The van der Waals surface area contributed by atoms with Crippen molar-refractivity contribution >= 4 is 22.6 Å². The Morgan fingerprint density at radius 2 is 1.95 bits per heavy atom. The van der Waals surface area contributed by atoms with Crippen molar-refractivity contribution in [3.05, 3.63) is 62.8 Å². The van der Waals surface area contributed by atoms with Crippen molar-refractivity contribution in [1.29, 1.82) is 5.26 Å². The summed E-state index contributed by atoms with van der Waals surface area (Å²) >= 11 is 0. The van der Waals surface area contributed by atoms with E-state index in [2.05, 4.69) is 5.32 Å². The number of aliphatic hydroxyl groups is 1. The summed E-state index contributed by atoms with van der Waals surface area (Å²) in [7, 11) is 0. The summed E-state index contributed by atoms with van der Waals surface area (Å²) in [6, 6.07) is 10.8. The summed E-state index contributed by atoms with van der Waals surface area (Å²) in [6.07, 6.45) is 2.08. The minimum absolute atomic E-state index is 0.139. The summed E-state index contributed by atoms with van der Waals surface area (Å²) in [6.45, 7) is 4.60. The number of nitrogens with one attached hydrogen (secondary N) is 1. The van der Waals surface area contributed by atoms with Gasteiger partial charge in [0, 0.05) is 49.8 Å². The van der Waals surface area contributed by atoms with Crippen LogP contribution in [0.15, 0.2) is 46.0 Å². The predicted octanol–water partition coefficient (Wildman–Crippen LogP) is 3.03. The number of hydrogen-bond donors (Lipinski definition) is 3. The van der Waals surface area contributed by atoms with Crippen molar-refractivity contribution in [2.24, 2.45) is 11.8 Å². The zero-order valence-corrected chi connectivity index (χ0v) is 22.5. The van der Waals surface area contributed by atoms with Gasteiger partial charge >= 0.3 is 11.7 Å². The maximum atomic E-state index is 13.3. The number of ether oxygens (including phenoxy) is 1. The highest BCUT2D eigenvalue weighted by atomic mass is 16.5. The average Bonchev–Trinajstić information content (AvgIpc) is 3.76. The normalized spacial score (nSPS) is 19.0. The Hall–Kier alpha value is -4.30. The Bertz CT molecular complexity index is 1600. The average molecular weight is 548 g/mol. The Morgan fingerprint density at radius 3 is 2.60 bits per heavy atom. The topological polar surface area (TPSA) is 150 Å². The van der Waals surface area contributed by atoms with E-state index in [0.29, 0.717) is 47.8 Å². The predicted molar refractivity (Wildman–Crippen MR) is 149 cm³/mol. The molecule has 1 aliphatic heterocycles. The van der Waals surface area contributed by atoms with E-state index in [1.165, 1.54) is 16.7 Å². The number of phenols is 1. The summed E-state index contributed by atoms with van der Waals surface area (Å²) in [5.41, 5.74) is 0.441. The van der Waals surface area contributed by atoms with Crippen molar-refractivity contribution in [2.45, 2.75) is 51.8 Å². The number of likely N-dealkylation sites (tertiary alicyclic amines) is 1. The highest BCUT2D eigenvalue weighted by Gasteiger charge is 2.33. The first-order valence-corrected chi connectivity index (χ1v) is 13.6. The molecule has 11 nitrogen and oxygen atoms in total. The Balaban J connectivity index is 1.32. The summed E-state index contributed by atoms with van der Waals surface area (Å²) in [4.78, 5) is 41.2. The van der Waals surface area contributed by atoms with Crippen LogP contribution in [0, 0.1) is 23.2 Å². The van der Waals surface area contributed by atoms with Crippen LogP contribution in [0.1, 0.15) is 44.7 Å². The molecular formula is C29H33N5O6. The van der Waals surface area contributed by atoms with E-state index in [0.717, 1.165) is 12.8 Å². The molecule has 2 amide bonds. The Morgan fingerprint density at radius 1 is 1.18 bits per heavy atom. The fourth-order valence-corrected chi connectivity index (χ4v) is 5.26. The summed E-state index contributed by atoms with van der Waals surface area (Å²) in [5, 5.41) is 32.2. The summed E-state index contributed by atoms with van der Waals surface area (Å²) < 4.78 is 8.91. The smallest absolute Gasteiger partial charge is 0.331 e. The van der Waals surface area contributed by atoms with Crippen LogP contribution in [-0.4, -0.2) is 56.1 Å². The molecule has 1 aliphatic carbocycles. The molecule has 2 fully saturated rings. The van der Waals surface area contributed by atoms with Crippen LogP contribution >= 0.6 is 0 Å². The molecule has 1 aromatic heterocycles. The highest BCUT2D eigenvalue weighted by molar-refractivity contribution is 5.92. The van der Waals surface area contributed by atoms with Crippen LogP contribution in [0.2, 0.25) is 0 Å². The maximum Gasteiger partial charge on any atom is 0.331 e. The SMILES string of the molecule is CC(C)n1c(=O)n(CC2CC2)c(=O)c2cc(NC(=O)N3CCC(Oc4ccc(C#N)c(O)c4)C(CO)C3)ccc21. The van der Waals surface area contributed by atoms with Gasteiger partial charge in [-0.2, -0.15) is 5.26 Å². The van der Waals surface area contributed by atoms with Gasteiger partial charge in [0.05, 0.1) is 23.1 Å². The zero-order chi connectivity index (χ0) is 28.6. The van der Waals surface area contributed by atoms with Gasteiger partial charge in [0.15, 0.2) is 0 Å². The second-order valence-electron chi connectivity index (χ2n) is 10.9. The molecule has 3 N–H and O–H groups in total. The Labute approximate surface area is 230 Å². The number of hydrogen-bond acceptors (Lipinski definition) is 7. The number of benzene rings is 2. The standard InChI is InChI=1S/C29H33N5O6/c1-17(2)34-24-8-6-21(11-23(24)27(37)33(29(34)39)14-18-3-4-18)31-28(38)32-10-9-26(20(15-32)16-35)40-22-7-5-19(13-30)25(36)12-22/h5-8,11-12,17-18,20,26,35-36H,3-4,9-10,14-16H2,1-2H3,(H,31,38).